The summed E-state index contributed by atoms with van der Waals surface area (Å²) in [5.41, 5.74) is 0.821. The smallest absolute Gasteiger partial charge is 0.335 e. The Hall–Kier alpha value is -1.47. The summed E-state index contributed by atoms with van der Waals surface area (Å²) < 4.78 is 10.6. The minimum absolute atomic E-state index is 0.291. The molecule has 2 unspecified atom stereocenters. The Balaban J connectivity index is 2.29. The number of rotatable bonds is 4. The Labute approximate surface area is 103 Å². The van der Waals surface area contributed by atoms with Crippen molar-refractivity contribution in [3.8, 4) is 0 Å². The maximum absolute atomic E-state index is 10.7. The second-order valence-corrected chi connectivity index (χ2v) is 3.93. The summed E-state index contributed by atoms with van der Waals surface area (Å²) in [4.78, 5) is 10.7. The van der Waals surface area contributed by atoms with Crippen molar-refractivity contribution in [2.75, 3.05) is 13.2 Å². The lowest BCUT2D eigenvalue weighted by Gasteiger charge is -2.20. The third-order valence-corrected chi connectivity index (χ3v) is 2.74. The molecule has 18 heavy (non-hydrogen) atoms. The Morgan fingerprint density at radius 1 is 1.22 bits per heavy atom. The van der Waals surface area contributed by atoms with Crippen molar-refractivity contribution in [3.05, 3.63) is 35.4 Å². The highest BCUT2D eigenvalue weighted by molar-refractivity contribution is 5.73. The predicted molar refractivity (Wildman–Crippen MR) is 59.7 cm³/mol. The Kier molecular flexibility index (Phi) is 3.93. The summed E-state index contributed by atoms with van der Waals surface area (Å²) in [7, 11) is 0. The van der Waals surface area contributed by atoms with Gasteiger partial charge in [-0.1, -0.05) is 24.3 Å². The molecule has 0 spiro atoms. The van der Waals surface area contributed by atoms with E-state index in [1.165, 1.54) is 6.07 Å². The number of aliphatic hydroxyl groups is 2. The van der Waals surface area contributed by atoms with Crippen LogP contribution < -0.4 is 0 Å². The van der Waals surface area contributed by atoms with Gasteiger partial charge in [0, 0.05) is 5.56 Å². The molecule has 2 rings (SSSR count). The zero-order chi connectivity index (χ0) is 13.1. The van der Waals surface area contributed by atoms with Crippen LogP contribution >= 0.6 is 0 Å². The van der Waals surface area contributed by atoms with Gasteiger partial charge in [-0.25, -0.2) is 4.79 Å². The fourth-order valence-electron chi connectivity index (χ4n) is 1.84. The Morgan fingerprint density at radius 3 is 2.44 bits per heavy atom. The van der Waals surface area contributed by atoms with Gasteiger partial charge >= 0.3 is 5.97 Å². The lowest BCUT2D eigenvalue weighted by Crippen LogP contribution is -2.28. The monoisotopic (exact) mass is 254 g/mol. The van der Waals surface area contributed by atoms with Crippen LogP contribution in [0, 0.1) is 0 Å². The quantitative estimate of drug-likeness (QED) is 0.711. The van der Waals surface area contributed by atoms with Gasteiger partial charge in [-0.3, -0.25) is 0 Å². The highest BCUT2D eigenvalue weighted by Gasteiger charge is 2.30. The summed E-state index contributed by atoms with van der Waals surface area (Å²) >= 11 is 0. The summed E-state index contributed by atoms with van der Waals surface area (Å²) in [6.07, 6.45) is -4.03. The molecule has 0 aliphatic carbocycles. The van der Waals surface area contributed by atoms with Crippen LogP contribution in [0.4, 0.5) is 0 Å². The Bertz CT molecular complexity index is 426. The van der Waals surface area contributed by atoms with Crippen LogP contribution in [0.5, 0.6) is 0 Å². The van der Waals surface area contributed by atoms with Crippen LogP contribution in [-0.4, -0.2) is 40.6 Å². The average molecular weight is 254 g/mol. The lowest BCUT2D eigenvalue weighted by atomic mass is 9.98. The van der Waals surface area contributed by atoms with Crippen LogP contribution in [0.3, 0.4) is 0 Å². The van der Waals surface area contributed by atoms with Gasteiger partial charge in [-0.15, -0.1) is 0 Å². The molecular weight excluding hydrogens is 240 g/mol. The Morgan fingerprint density at radius 2 is 1.83 bits per heavy atom. The van der Waals surface area contributed by atoms with E-state index in [0.29, 0.717) is 24.3 Å². The molecule has 1 aliphatic rings. The molecule has 6 nitrogen and oxygen atoms in total. The van der Waals surface area contributed by atoms with Gasteiger partial charge in [0.2, 0.25) is 0 Å². The molecule has 1 aromatic rings. The molecule has 1 heterocycles. The third-order valence-electron chi connectivity index (χ3n) is 2.74. The molecule has 1 aliphatic heterocycles. The molecule has 3 N–H and O–H groups in total. The second-order valence-electron chi connectivity index (χ2n) is 3.93. The highest BCUT2D eigenvalue weighted by Crippen LogP contribution is 2.30. The summed E-state index contributed by atoms with van der Waals surface area (Å²) in [5, 5.41) is 27.9. The normalized spacial score (nSPS) is 19.7. The summed E-state index contributed by atoms with van der Waals surface area (Å²) in [5.74, 6) is -1.48. The van der Waals surface area contributed by atoms with Gasteiger partial charge in [0.05, 0.1) is 13.2 Å². The van der Waals surface area contributed by atoms with E-state index in [2.05, 4.69) is 0 Å². The number of aliphatic carboxylic acids is 1. The molecule has 1 saturated heterocycles. The number of benzene rings is 1. The zero-order valence-corrected chi connectivity index (χ0v) is 9.52. The molecule has 1 aromatic carbocycles. The van der Waals surface area contributed by atoms with Crippen LogP contribution in [0.15, 0.2) is 24.3 Å². The second kappa shape index (κ2) is 5.45. The minimum atomic E-state index is -1.88. The average Bonchev–Trinajstić information content (AvgIpc) is 2.90. The lowest BCUT2D eigenvalue weighted by molar-refractivity contribution is -0.153. The molecular formula is C12H14O6. The predicted octanol–water partition coefficient (Wildman–Crippen LogP) is 0.211. The first-order valence-electron chi connectivity index (χ1n) is 5.52. The number of hydrogen-bond donors (Lipinski definition) is 3. The molecule has 0 bridgehead atoms. The molecule has 0 amide bonds. The van der Waals surface area contributed by atoms with Crippen LogP contribution in [0.25, 0.3) is 0 Å². The molecule has 1 fully saturated rings. The molecule has 0 saturated carbocycles. The van der Waals surface area contributed by atoms with E-state index in [-0.39, 0.29) is 0 Å². The van der Waals surface area contributed by atoms with Crippen molar-refractivity contribution >= 4 is 5.97 Å². The molecule has 2 atom stereocenters. The molecule has 6 heteroatoms. The topological polar surface area (TPSA) is 96.2 Å². The van der Waals surface area contributed by atoms with Gasteiger partial charge in [0.25, 0.3) is 0 Å². The SMILES string of the molecule is O=C(O)C(O)C(O)c1ccccc1C1OCCO1. The van der Waals surface area contributed by atoms with Crippen molar-refractivity contribution in [2.45, 2.75) is 18.5 Å². The van der Waals surface area contributed by atoms with Crippen molar-refractivity contribution in [2.24, 2.45) is 0 Å². The van der Waals surface area contributed by atoms with E-state index < -0.39 is 24.5 Å². The summed E-state index contributed by atoms with van der Waals surface area (Å²) in [6.45, 7) is 0.882. The molecule has 0 radical (unpaired) electrons. The van der Waals surface area contributed by atoms with E-state index in [4.69, 9.17) is 14.6 Å². The molecule has 98 valence electrons. The van der Waals surface area contributed by atoms with Gasteiger partial charge in [0.1, 0.15) is 6.10 Å². The van der Waals surface area contributed by atoms with Gasteiger partial charge in [-0.2, -0.15) is 0 Å². The van der Waals surface area contributed by atoms with E-state index in [9.17, 15) is 15.0 Å². The van der Waals surface area contributed by atoms with E-state index >= 15 is 0 Å². The van der Waals surface area contributed by atoms with Gasteiger partial charge in [-0.05, 0) is 5.56 Å². The highest BCUT2D eigenvalue weighted by atomic mass is 16.7. The van der Waals surface area contributed by atoms with Crippen molar-refractivity contribution in [1.82, 2.24) is 0 Å². The maximum Gasteiger partial charge on any atom is 0.335 e. The standard InChI is InChI=1S/C12H14O6/c13-9(10(14)11(15)16)7-3-1-2-4-8(7)12-17-5-6-18-12/h1-4,9-10,12-14H,5-6H2,(H,15,16). The fraction of sp³-hybridized carbons (Fsp3) is 0.417. The summed E-state index contributed by atoms with van der Waals surface area (Å²) in [6, 6.07) is 6.58. The molecule has 0 aromatic heterocycles. The number of hydrogen-bond acceptors (Lipinski definition) is 5. The van der Waals surface area contributed by atoms with Crippen LogP contribution in [0.2, 0.25) is 0 Å². The van der Waals surface area contributed by atoms with E-state index in [1.54, 1.807) is 18.2 Å². The van der Waals surface area contributed by atoms with Crippen molar-refractivity contribution in [1.29, 1.82) is 0 Å². The first kappa shape index (κ1) is 13.0. The van der Waals surface area contributed by atoms with Crippen molar-refractivity contribution < 1.29 is 29.6 Å². The first-order valence-corrected chi connectivity index (χ1v) is 5.52. The van der Waals surface area contributed by atoms with Crippen molar-refractivity contribution in [3.63, 3.8) is 0 Å². The number of ether oxygens (including phenoxy) is 2. The van der Waals surface area contributed by atoms with Crippen LogP contribution in [0.1, 0.15) is 23.5 Å². The van der Waals surface area contributed by atoms with E-state index in [0.717, 1.165) is 0 Å². The van der Waals surface area contributed by atoms with Gasteiger partial charge in [0.15, 0.2) is 12.4 Å². The largest absolute Gasteiger partial charge is 0.479 e. The number of carbonyl (C=O) groups is 1. The maximum atomic E-state index is 10.7. The number of carboxylic acid groups (broad SMARTS) is 1. The third kappa shape index (κ3) is 2.51. The van der Waals surface area contributed by atoms with Gasteiger partial charge < -0.3 is 24.8 Å². The minimum Gasteiger partial charge on any atom is -0.479 e. The first-order chi connectivity index (χ1) is 8.61. The fourth-order valence-corrected chi connectivity index (χ4v) is 1.84. The number of carboxylic acids is 1. The van der Waals surface area contributed by atoms with Crippen LogP contribution in [-0.2, 0) is 14.3 Å². The van der Waals surface area contributed by atoms with E-state index in [1.807, 2.05) is 0 Å². The number of aliphatic hydroxyl groups excluding tert-OH is 2. The zero-order valence-electron chi connectivity index (χ0n) is 9.52.